The third kappa shape index (κ3) is 5.36. The largest absolute Gasteiger partial charge is 0.497 e. The van der Waals surface area contributed by atoms with Crippen LogP contribution in [-0.2, 0) is 4.79 Å². The van der Waals surface area contributed by atoms with E-state index in [2.05, 4.69) is 11.4 Å². The summed E-state index contributed by atoms with van der Waals surface area (Å²) >= 11 is 1.51. The van der Waals surface area contributed by atoms with Gasteiger partial charge >= 0.3 is 0 Å². The normalized spacial score (nSPS) is 15.7. The van der Waals surface area contributed by atoms with Crippen molar-refractivity contribution in [3.63, 3.8) is 0 Å². The fourth-order valence-electron chi connectivity index (χ4n) is 2.60. The Hall–Kier alpha value is -1.87. The van der Waals surface area contributed by atoms with Gasteiger partial charge in [0.15, 0.2) is 0 Å². The van der Waals surface area contributed by atoms with Crippen molar-refractivity contribution in [2.75, 3.05) is 25.2 Å². The maximum atomic E-state index is 11.9. The summed E-state index contributed by atoms with van der Waals surface area (Å²) in [5.74, 6) is 2.59. The molecule has 1 N–H and O–H groups in total. The van der Waals surface area contributed by atoms with Gasteiger partial charge in [-0.15, -0.1) is 11.8 Å². The third-order valence-corrected chi connectivity index (χ3v) is 4.76. The molecule has 1 amide bonds. The fourth-order valence-corrected chi connectivity index (χ4v) is 3.20. The maximum absolute atomic E-state index is 11.9. The third-order valence-electron chi connectivity index (χ3n) is 3.84. The van der Waals surface area contributed by atoms with Crippen molar-refractivity contribution in [2.24, 2.45) is 0 Å². The van der Waals surface area contributed by atoms with Gasteiger partial charge in [-0.05, 0) is 49.9 Å². The highest BCUT2D eigenvalue weighted by Crippen LogP contribution is 2.28. The summed E-state index contributed by atoms with van der Waals surface area (Å²) in [5, 5.41) is 12.1. The number of amides is 1. The predicted octanol–water partition coefficient (Wildman–Crippen LogP) is 2.76. The molecule has 0 saturated heterocycles. The molecule has 0 spiro atoms. The highest BCUT2D eigenvalue weighted by molar-refractivity contribution is 7.99. The van der Waals surface area contributed by atoms with Crippen LogP contribution in [-0.4, -0.2) is 36.7 Å². The number of methoxy groups -OCH3 is 1. The predicted molar refractivity (Wildman–Crippen MR) is 90.8 cm³/mol. The number of nitriles is 1. The Kier molecular flexibility index (Phi) is 6.60. The number of hydrogen-bond acceptors (Lipinski definition) is 5. The van der Waals surface area contributed by atoms with Gasteiger partial charge in [0.1, 0.15) is 17.0 Å². The molecule has 124 valence electrons. The summed E-state index contributed by atoms with van der Waals surface area (Å²) in [5.41, 5.74) is -0.628. The summed E-state index contributed by atoms with van der Waals surface area (Å²) in [4.78, 5) is 11.9. The Morgan fingerprint density at radius 3 is 2.57 bits per heavy atom. The second-order valence-electron chi connectivity index (χ2n) is 5.53. The molecule has 0 heterocycles. The van der Waals surface area contributed by atoms with E-state index in [1.54, 1.807) is 7.11 Å². The van der Waals surface area contributed by atoms with Crippen molar-refractivity contribution in [1.29, 1.82) is 5.26 Å². The zero-order valence-corrected chi connectivity index (χ0v) is 14.2. The first-order valence-corrected chi connectivity index (χ1v) is 8.90. The lowest BCUT2D eigenvalue weighted by atomic mass is 10.0. The summed E-state index contributed by atoms with van der Waals surface area (Å²) in [7, 11) is 1.62. The van der Waals surface area contributed by atoms with Gasteiger partial charge < -0.3 is 14.8 Å². The lowest BCUT2D eigenvalue weighted by Crippen LogP contribution is -2.45. The van der Waals surface area contributed by atoms with Crippen LogP contribution in [0.3, 0.4) is 0 Å². The first kappa shape index (κ1) is 17.5. The van der Waals surface area contributed by atoms with Crippen LogP contribution in [0.1, 0.15) is 25.7 Å². The minimum Gasteiger partial charge on any atom is -0.497 e. The van der Waals surface area contributed by atoms with Crippen molar-refractivity contribution in [3.05, 3.63) is 24.3 Å². The highest BCUT2D eigenvalue weighted by Gasteiger charge is 2.35. The second-order valence-corrected chi connectivity index (χ2v) is 6.63. The van der Waals surface area contributed by atoms with Crippen LogP contribution in [0, 0.1) is 11.3 Å². The van der Waals surface area contributed by atoms with Gasteiger partial charge in [-0.1, -0.05) is 0 Å². The van der Waals surface area contributed by atoms with Gasteiger partial charge in [0.2, 0.25) is 5.91 Å². The molecular weight excluding hydrogens is 312 g/mol. The first-order valence-electron chi connectivity index (χ1n) is 7.74. The van der Waals surface area contributed by atoms with Crippen LogP contribution in [0.2, 0.25) is 0 Å². The highest BCUT2D eigenvalue weighted by atomic mass is 32.2. The molecule has 23 heavy (non-hydrogen) atoms. The molecule has 1 aliphatic rings. The van der Waals surface area contributed by atoms with Gasteiger partial charge in [-0.25, -0.2) is 0 Å². The fraction of sp³-hybridized carbons (Fsp3) is 0.529. The summed E-state index contributed by atoms with van der Waals surface area (Å²) in [6, 6.07) is 9.67. The Morgan fingerprint density at radius 2 is 1.96 bits per heavy atom. The molecular formula is C17H22N2O3S. The topological polar surface area (TPSA) is 71.3 Å². The number of benzene rings is 1. The number of carbonyl (C=O) groups is 1. The number of hydrogen-bond donors (Lipinski definition) is 1. The van der Waals surface area contributed by atoms with E-state index in [1.807, 2.05) is 24.3 Å². The molecule has 0 aliphatic heterocycles. The molecule has 0 atom stereocenters. The zero-order chi connectivity index (χ0) is 16.5. The molecule has 6 heteroatoms. The Balaban J connectivity index is 1.61. The molecule has 5 nitrogen and oxygen atoms in total. The molecule has 0 radical (unpaired) electrons. The molecule has 0 aromatic heterocycles. The Bertz CT molecular complexity index is 548. The van der Waals surface area contributed by atoms with Gasteiger partial charge in [0, 0.05) is 5.75 Å². The van der Waals surface area contributed by atoms with Gasteiger partial charge in [-0.2, -0.15) is 5.26 Å². The number of thioether (sulfide) groups is 1. The van der Waals surface area contributed by atoms with Crippen LogP contribution < -0.4 is 14.8 Å². The number of carbonyl (C=O) groups excluding carboxylic acids is 1. The molecule has 1 saturated carbocycles. The number of rotatable bonds is 8. The van der Waals surface area contributed by atoms with Crippen molar-refractivity contribution >= 4 is 17.7 Å². The molecule has 2 rings (SSSR count). The van der Waals surface area contributed by atoms with Gasteiger partial charge in [0.05, 0.1) is 25.5 Å². The average molecular weight is 334 g/mol. The van der Waals surface area contributed by atoms with Crippen molar-refractivity contribution in [1.82, 2.24) is 5.32 Å². The summed E-state index contributed by atoms with van der Waals surface area (Å²) in [6.45, 7) is 0.535. The van der Waals surface area contributed by atoms with E-state index in [0.717, 1.165) is 42.9 Å². The monoisotopic (exact) mass is 334 g/mol. The van der Waals surface area contributed by atoms with Crippen molar-refractivity contribution < 1.29 is 14.3 Å². The Labute approximate surface area is 141 Å². The van der Waals surface area contributed by atoms with E-state index >= 15 is 0 Å². The van der Waals surface area contributed by atoms with E-state index in [0.29, 0.717) is 12.4 Å². The second kappa shape index (κ2) is 8.68. The number of nitrogens with one attached hydrogen (secondary N) is 1. The van der Waals surface area contributed by atoms with Crippen LogP contribution in [0.15, 0.2) is 24.3 Å². The minimum absolute atomic E-state index is 0.0668. The quantitative estimate of drug-likeness (QED) is 0.740. The summed E-state index contributed by atoms with van der Waals surface area (Å²) in [6.07, 6.45) is 3.55. The van der Waals surface area contributed by atoms with Crippen molar-refractivity contribution in [2.45, 2.75) is 31.2 Å². The molecule has 1 aromatic rings. The number of ether oxygens (including phenoxy) is 2. The van der Waals surface area contributed by atoms with E-state index in [-0.39, 0.29) is 5.91 Å². The SMILES string of the molecule is COc1ccc(OCCSCC(=O)NC2(C#N)CCCC2)cc1. The van der Waals surface area contributed by atoms with E-state index in [9.17, 15) is 10.1 Å². The standard InChI is InChI=1S/C17H22N2O3S/c1-21-14-4-6-15(7-5-14)22-10-11-23-12-16(20)19-17(13-18)8-2-3-9-17/h4-7H,2-3,8-12H2,1H3,(H,19,20). The molecule has 0 unspecified atom stereocenters. The first-order chi connectivity index (χ1) is 11.2. The lowest BCUT2D eigenvalue weighted by Gasteiger charge is -2.21. The zero-order valence-electron chi connectivity index (χ0n) is 13.3. The number of nitrogens with zero attached hydrogens (tertiary/aromatic N) is 1. The average Bonchev–Trinajstić information content (AvgIpc) is 3.04. The molecule has 1 aliphatic carbocycles. The Morgan fingerprint density at radius 1 is 1.30 bits per heavy atom. The van der Waals surface area contributed by atoms with E-state index < -0.39 is 5.54 Å². The summed E-state index contributed by atoms with van der Waals surface area (Å²) < 4.78 is 10.7. The van der Waals surface area contributed by atoms with E-state index in [1.165, 1.54) is 11.8 Å². The minimum atomic E-state index is -0.628. The molecule has 1 aromatic carbocycles. The molecule has 1 fully saturated rings. The molecule has 0 bridgehead atoms. The lowest BCUT2D eigenvalue weighted by molar-refractivity contribution is -0.119. The van der Waals surface area contributed by atoms with Gasteiger partial charge in [-0.3, -0.25) is 4.79 Å². The van der Waals surface area contributed by atoms with Crippen LogP contribution >= 0.6 is 11.8 Å². The smallest absolute Gasteiger partial charge is 0.231 e. The van der Waals surface area contributed by atoms with Gasteiger partial charge in [0.25, 0.3) is 0 Å². The van der Waals surface area contributed by atoms with Crippen LogP contribution in [0.25, 0.3) is 0 Å². The van der Waals surface area contributed by atoms with Crippen molar-refractivity contribution in [3.8, 4) is 17.6 Å². The van der Waals surface area contributed by atoms with E-state index in [4.69, 9.17) is 9.47 Å². The maximum Gasteiger partial charge on any atom is 0.231 e. The van der Waals surface area contributed by atoms with Crippen LogP contribution in [0.4, 0.5) is 0 Å². The van der Waals surface area contributed by atoms with Crippen LogP contribution in [0.5, 0.6) is 11.5 Å².